The Labute approximate surface area is 133 Å². The molecule has 0 radical (unpaired) electrons. The average Bonchev–Trinajstić information content (AvgIpc) is 2.57. The molecule has 0 aromatic carbocycles. The second kappa shape index (κ2) is 5.09. The first kappa shape index (κ1) is 17.5. The summed E-state index contributed by atoms with van der Waals surface area (Å²) in [7, 11) is -3.62. The van der Waals surface area contributed by atoms with Crippen LogP contribution < -0.4 is 10.5 Å². The highest BCUT2D eigenvalue weighted by atomic mass is 32.2. The van der Waals surface area contributed by atoms with Gasteiger partial charge in [-0.1, -0.05) is 13.8 Å². The number of fused-ring (bicyclic) bond motifs is 2. The molecule has 0 heterocycles. The zero-order valence-corrected chi connectivity index (χ0v) is 14.9. The number of alkyl carbamates (subject to hydrolysis) is 1. The average molecular weight is 332 g/mol. The number of primary sulfonamides is 1. The Morgan fingerprint density at radius 2 is 1.95 bits per heavy atom. The number of ether oxygens (including phenoxy) is 1. The van der Waals surface area contributed by atoms with Gasteiger partial charge in [-0.2, -0.15) is 0 Å². The number of nitrogens with two attached hydrogens (primary N) is 1. The number of hydrogen-bond donors (Lipinski definition) is 2. The highest BCUT2D eigenvalue weighted by Gasteiger charge is 2.65. The van der Waals surface area contributed by atoms with Crippen molar-refractivity contribution >= 4 is 16.1 Å². The van der Waals surface area contributed by atoms with Crippen LogP contribution in [-0.2, 0) is 14.8 Å². The van der Waals surface area contributed by atoms with E-state index >= 15 is 0 Å². The Kier molecular flexibility index (Phi) is 4.06. The third-order valence-electron chi connectivity index (χ3n) is 5.58. The molecule has 2 saturated carbocycles. The van der Waals surface area contributed by atoms with E-state index in [1.807, 2.05) is 0 Å². The number of amides is 1. The number of hydrogen-bond acceptors (Lipinski definition) is 4. The molecular weight excluding hydrogens is 304 g/mol. The van der Waals surface area contributed by atoms with Gasteiger partial charge in [0.2, 0.25) is 10.0 Å². The van der Waals surface area contributed by atoms with Crippen LogP contribution in [0.15, 0.2) is 0 Å². The van der Waals surface area contributed by atoms with Crippen molar-refractivity contribution in [1.82, 2.24) is 5.32 Å². The fraction of sp³-hybridized carbons (Fsp3) is 0.933. The molecule has 7 heteroatoms. The standard InChI is InChI=1S/C15H28N2O4S/c1-13(2,3)21-12(18)17-11-8-10-6-7-15(11,14(10,4)5)9-22(16,19)20/h10-11H,6-9H2,1-5H3,(H,17,18)(H2,16,19,20)/t10?,11?,15-/m1/s1. The molecule has 3 N–H and O–H groups in total. The number of carbonyl (C=O) groups excluding carboxylic acids is 1. The summed E-state index contributed by atoms with van der Waals surface area (Å²) < 4.78 is 28.8. The smallest absolute Gasteiger partial charge is 0.407 e. The minimum Gasteiger partial charge on any atom is -0.444 e. The van der Waals surface area contributed by atoms with Gasteiger partial charge in [0.1, 0.15) is 5.60 Å². The maximum Gasteiger partial charge on any atom is 0.407 e. The lowest BCUT2D eigenvalue weighted by atomic mass is 9.69. The molecule has 2 aliphatic carbocycles. The van der Waals surface area contributed by atoms with Gasteiger partial charge in [0.15, 0.2) is 0 Å². The zero-order valence-electron chi connectivity index (χ0n) is 14.1. The molecule has 2 aliphatic rings. The van der Waals surface area contributed by atoms with Crippen LogP contribution in [0, 0.1) is 16.7 Å². The van der Waals surface area contributed by atoms with E-state index in [2.05, 4.69) is 19.2 Å². The molecule has 3 atom stereocenters. The second-order valence-electron chi connectivity index (χ2n) is 8.36. The molecule has 2 bridgehead atoms. The predicted molar refractivity (Wildman–Crippen MR) is 84.7 cm³/mol. The molecule has 1 amide bonds. The first-order valence-electron chi connectivity index (χ1n) is 7.77. The molecule has 0 aromatic rings. The molecule has 2 rings (SSSR count). The van der Waals surface area contributed by atoms with Gasteiger partial charge in [-0.3, -0.25) is 0 Å². The van der Waals surface area contributed by atoms with E-state index in [1.54, 1.807) is 20.8 Å². The zero-order chi connectivity index (χ0) is 17.0. The van der Waals surface area contributed by atoms with E-state index < -0.39 is 27.1 Å². The summed E-state index contributed by atoms with van der Waals surface area (Å²) in [5, 5.41) is 8.24. The van der Waals surface area contributed by atoms with Crippen LogP contribution >= 0.6 is 0 Å². The van der Waals surface area contributed by atoms with Gasteiger partial charge in [-0.15, -0.1) is 0 Å². The fourth-order valence-corrected chi connectivity index (χ4v) is 5.87. The van der Waals surface area contributed by atoms with E-state index in [-0.39, 0.29) is 17.2 Å². The molecule has 2 fully saturated rings. The summed E-state index contributed by atoms with van der Waals surface area (Å²) in [5.41, 5.74) is -1.26. The molecule has 0 aliphatic heterocycles. The van der Waals surface area contributed by atoms with Crippen LogP contribution in [0.4, 0.5) is 4.79 Å². The number of nitrogens with one attached hydrogen (secondary N) is 1. The van der Waals surface area contributed by atoms with Gasteiger partial charge in [0.05, 0.1) is 5.75 Å². The number of rotatable bonds is 3. The quantitative estimate of drug-likeness (QED) is 0.825. The first-order valence-corrected chi connectivity index (χ1v) is 9.48. The summed E-state index contributed by atoms with van der Waals surface area (Å²) in [4.78, 5) is 12.1. The Morgan fingerprint density at radius 3 is 2.41 bits per heavy atom. The van der Waals surface area contributed by atoms with Crippen molar-refractivity contribution in [3.05, 3.63) is 0 Å². The van der Waals surface area contributed by atoms with Crippen molar-refractivity contribution < 1.29 is 17.9 Å². The lowest BCUT2D eigenvalue weighted by molar-refractivity contribution is 0.0420. The molecule has 0 saturated heterocycles. The highest BCUT2D eigenvalue weighted by Crippen LogP contribution is 2.65. The van der Waals surface area contributed by atoms with E-state index in [4.69, 9.17) is 9.88 Å². The van der Waals surface area contributed by atoms with E-state index in [0.717, 1.165) is 19.3 Å². The Balaban J connectivity index is 2.23. The van der Waals surface area contributed by atoms with Crippen LogP contribution in [0.3, 0.4) is 0 Å². The Hall–Kier alpha value is -0.820. The molecule has 22 heavy (non-hydrogen) atoms. The van der Waals surface area contributed by atoms with Crippen LogP contribution in [-0.4, -0.2) is 31.9 Å². The summed E-state index contributed by atoms with van der Waals surface area (Å²) in [5.74, 6) is 0.304. The van der Waals surface area contributed by atoms with Gasteiger partial charge >= 0.3 is 6.09 Å². The maximum absolute atomic E-state index is 12.1. The molecule has 0 aromatic heterocycles. The van der Waals surface area contributed by atoms with Gasteiger partial charge < -0.3 is 10.1 Å². The van der Waals surface area contributed by atoms with Crippen molar-refractivity contribution in [3.63, 3.8) is 0 Å². The number of sulfonamides is 1. The van der Waals surface area contributed by atoms with Gasteiger partial charge in [0, 0.05) is 11.5 Å². The van der Waals surface area contributed by atoms with E-state index in [0.29, 0.717) is 5.92 Å². The molecule has 128 valence electrons. The molecule has 0 spiro atoms. The third kappa shape index (κ3) is 3.11. The van der Waals surface area contributed by atoms with Crippen molar-refractivity contribution in [2.45, 2.75) is 65.5 Å². The van der Waals surface area contributed by atoms with Gasteiger partial charge in [-0.05, 0) is 51.4 Å². The molecule has 6 nitrogen and oxygen atoms in total. The minimum absolute atomic E-state index is 0.0933. The Morgan fingerprint density at radius 1 is 1.36 bits per heavy atom. The molecular formula is C15H28N2O4S. The molecule has 2 unspecified atom stereocenters. The van der Waals surface area contributed by atoms with E-state index in [9.17, 15) is 13.2 Å². The van der Waals surface area contributed by atoms with Crippen molar-refractivity contribution in [3.8, 4) is 0 Å². The maximum atomic E-state index is 12.1. The van der Waals surface area contributed by atoms with Crippen molar-refractivity contribution in [2.75, 3.05) is 5.75 Å². The second-order valence-corrected chi connectivity index (χ2v) is 9.97. The Bertz CT molecular complexity index is 565. The van der Waals surface area contributed by atoms with E-state index in [1.165, 1.54) is 0 Å². The highest BCUT2D eigenvalue weighted by molar-refractivity contribution is 7.89. The summed E-state index contributed by atoms with van der Waals surface area (Å²) in [6.07, 6.45) is 2.04. The van der Waals surface area contributed by atoms with Gasteiger partial charge in [-0.25, -0.2) is 18.4 Å². The van der Waals surface area contributed by atoms with Crippen molar-refractivity contribution in [1.29, 1.82) is 0 Å². The fourth-order valence-electron chi connectivity index (χ4n) is 4.43. The summed E-state index contributed by atoms with van der Waals surface area (Å²) in [6, 6.07) is -0.213. The van der Waals surface area contributed by atoms with Crippen LogP contribution in [0.25, 0.3) is 0 Å². The third-order valence-corrected chi connectivity index (χ3v) is 6.50. The van der Waals surface area contributed by atoms with Gasteiger partial charge in [0.25, 0.3) is 0 Å². The number of carbonyl (C=O) groups is 1. The van der Waals surface area contributed by atoms with Crippen LogP contribution in [0.2, 0.25) is 0 Å². The summed E-state index contributed by atoms with van der Waals surface area (Å²) >= 11 is 0. The minimum atomic E-state index is -3.62. The van der Waals surface area contributed by atoms with Crippen molar-refractivity contribution in [2.24, 2.45) is 21.9 Å². The lowest BCUT2D eigenvalue weighted by Crippen LogP contribution is -2.53. The summed E-state index contributed by atoms with van der Waals surface area (Å²) in [6.45, 7) is 9.59. The SMILES string of the molecule is CC(C)(C)OC(=O)NC1CC2CC[C@]1(CS(N)(=O)=O)C2(C)C. The first-order chi connectivity index (χ1) is 9.77. The lowest BCUT2D eigenvalue weighted by Gasteiger charge is -2.42. The topological polar surface area (TPSA) is 98.5 Å². The monoisotopic (exact) mass is 332 g/mol. The van der Waals surface area contributed by atoms with Crippen LogP contribution in [0.1, 0.15) is 53.9 Å². The normalized spacial score (nSPS) is 33.7. The largest absolute Gasteiger partial charge is 0.444 e. The predicted octanol–water partition coefficient (Wildman–Crippen LogP) is 1.99. The van der Waals surface area contributed by atoms with Crippen LogP contribution in [0.5, 0.6) is 0 Å².